The van der Waals surface area contributed by atoms with Crippen LogP contribution < -0.4 is 3.12 Å². The van der Waals surface area contributed by atoms with E-state index in [4.69, 9.17) is 0 Å². The summed E-state index contributed by atoms with van der Waals surface area (Å²) in [5.41, 5.74) is 3.04. The molecule has 0 aliphatic carbocycles. The Balaban J connectivity index is 3.22. The van der Waals surface area contributed by atoms with Gasteiger partial charge in [0.05, 0.1) is 0 Å². The molecule has 0 atom stereocenters. The summed E-state index contributed by atoms with van der Waals surface area (Å²) in [6, 6.07) is 4.50. The van der Waals surface area contributed by atoms with Crippen molar-refractivity contribution in [2.45, 2.75) is 26.7 Å². The van der Waals surface area contributed by atoms with E-state index in [-0.39, 0.29) is 0 Å². The van der Waals surface area contributed by atoms with Gasteiger partial charge in [-0.05, 0) is 0 Å². The molecular formula is C10H12BrPb. The first-order chi connectivity index (χ1) is 5.69. The number of benzene rings is 1. The zero-order chi connectivity index (χ0) is 9.14. The monoisotopic (exact) mass is 419 g/mol. The van der Waals surface area contributed by atoms with Gasteiger partial charge >= 0.3 is 99.2 Å². The van der Waals surface area contributed by atoms with Crippen LogP contribution in [0.15, 0.2) is 16.6 Å². The third-order valence-electron chi connectivity index (χ3n) is 2.03. The van der Waals surface area contributed by atoms with Crippen molar-refractivity contribution in [3.8, 4) is 0 Å². The molecule has 2 heteroatoms. The second-order valence-electron chi connectivity index (χ2n) is 2.81. The molecule has 0 amide bonds. The fraction of sp³-hybridized carbons (Fsp3) is 0.400. The van der Waals surface area contributed by atoms with Gasteiger partial charge < -0.3 is 0 Å². The second kappa shape index (κ2) is 4.75. The summed E-state index contributed by atoms with van der Waals surface area (Å²) < 4.78 is 2.83. The van der Waals surface area contributed by atoms with Crippen LogP contribution in [0.4, 0.5) is 0 Å². The minimum absolute atomic E-state index is 1.16. The normalized spacial score (nSPS) is 10.3. The third kappa shape index (κ3) is 2.31. The Morgan fingerprint density at radius 1 is 1.17 bits per heavy atom. The fourth-order valence-corrected chi connectivity index (χ4v) is 3.77. The Hall–Kier alpha value is 0.622. The van der Waals surface area contributed by atoms with E-state index in [0.717, 1.165) is 12.8 Å². The van der Waals surface area contributed by atoms with Gasteiger partial charge in [-0.2, -0.15) is 0 Å². The molecule has 0 spiro atoms. The molecule has 1 aromatic rings. The van der Waals surface area contributed by atoms with Gasteiger partial charge in [0.15, 0.2) is 0 Å². The van der Waals surface area contributed by atoms with Gasteiger partial charge in [-0.3, -0.25) is 0 Å². The van der Waals surface area contributed by atoms with E-state index in [1.54, 1.807) is 3.12 Å². The van der Waals surface area contributed by atoms with E-state index in [1.165, 1.54) is 41.4 Å². The molecule has 0 aliphatic heterocycles. The summed E-state index contributed by atoms with van der Waals surface area (Å²) in [7, 11) is 0. The molecule has 0 saturated heterocycles. The number of halogens is 1. The first kappa shape index (κ1) is 10.7. The van der Waals surface area contributed by atoms with Crippen LogP contribution in [0, 0.1) is 0 Å². The summed E-state index contributed by atoms with van der Waals surface area (Å²) in [5, 5.41) is 0. The summed E-state index contributed by atoms with van der Waals surface area (Å²) in [6.07, 6.45) is 2.32. The molecule has 0 heterocycles. The molecule has 12 heavy (non-hydrogen) atoms. The molecule has 1 aromatic carbocycles. The van der Waals surface area contributed by atoms with E-state index in [9.17, 15) is 0 Å². The molecular weight excluding hydrogens is 407 g/mol. The predicted octanol–water partition coefficient (Wildman–Crippen LogP) is 2.37. The Morgan fingerprint density at radius 3 is 1.92 bits per heavy atom. The first-order valence-electron chi connectivity index (χ1n) is 4.22. The van der Waals surface area contributed by atoms with Crippen molar-refractivity contribution in [3.63, 3.8) is 0 Å². The minimum atomic E-state index is 1.16. The van der Waals surface area contributed by atoms with Gasteiger partial charge in [0.25, 0.3) is 0 Å². The van der Waals surface area contributed by atoms with Crippen molar-refractivity contribution < 1.29 is 0 Å². The first-order valence-corrected chi connectivity index (χ1v) is 6.95. The number of aryl methyl sites for hydroxylation is 2. The van der Waals surface area contributed by atoms with Crippen LogP contribution in [0.2, 0.25) is 0 Å². The fourth-order valence-electron chi connectivity index (χ4n) is 1.28. The van der Waals surface area contributed by atoms with Crippen LogP contribution >= 0.6 is 15.9 Å². The molecule has 0 unspecified atom stereocenters. The van der Waals surface area contributed by atoms with Crippen molar-refractivity contribution in [1.82, 2.24) is 0 Å². The van der Waals surface area contributed by atoms with E-state index >= 15 is 0 Å². The average molecular weight is 419 g/mol. The zero-order valence-corrected chi connectivity index (χ0v) is 12.9. The van der Waals surface area contributed by atoms with Gasteiger partial charge in [-0.1, -0.05) is 0 Å². The van der Waals surface area contributed by atoms with E-state index < -0.39 is 0 Å². The van der Waals surface area contributed by atoms with E-state index in [1.807, 2.05) is 0 Å². The van der Waals surface area contributed by atoms with Crippen LogP contribution in [0.5, 0.6) is 0 Å². The van der Waals surface area contributed by atoms with E-state index in [0.29, 0.717) is 0 Å². The van der Waals surface area contributed by atoms with Crippen molar-refractivity contribution in [2.24, 2.45) is 0 Å². The Morgan fingerprint density at radius 2 is 1.58 bits per heavy atom. The molecule has 63 valence electrons. The van der Waals surface area contributed by atoms with Crippen molar-refractivity contribution in [1.29, 1.82) is 0 Å². The number of rotatable bonds is 2. The molecule has 0 fully saturated rings. The molecule has 0 bridgehead atoms. The average Bonchev–Trinajstić information content (AvgIpc) is 2.08. The standard InChI is InChI=1S/C10H12Br.Pb/c1-3-8-5-9(4-2)7-10(11)6-8;/h6-7H,3-4H2,1-2H3;. The van der Waals surface area contributed by atoms with E-state index in [2.05, 4.69) is 41.9 Å². The summed E-state index contributed by atoms with van der Waals surface area (Å²) >= 11 is 4.72. The summed E-state index contributed by atoms with van der Waals surface area (Å²) in [4.78, 5) is 0. The topological polar surface area (TPSA) is 0 Å². The van der Waals surface area contributed by atoms with Gasteiger partial charge in [-0.25, -0.2) is 0 Å². The molecule has 1 rings (SSSR count). The van der Waals surface area contributed by atoms with Crippen LogP contribution in [0.3, 0.4) is 0 Å². The summed E-state index contributed by atoms with van der Waals surface area (Å²) in [5.74, 6) is 0. The second-order valence-corrected chi connectivity index (χ2v) is 5.67. The predicted molar refractivity (Wildman–Crippen MR) is 58.3 cm³/mol. The molecule has 0 saturated carbocycles. The maximum atomic E-state index is 3.54. The van der Waals surface area contributed by atoms with Crippen molar-refractivity contribution >= 4 is 44.8 Å². The number of hydrogen-bond acceptors (Lipinski definition) is 0. The van der Waals surface area contributed by atoms with Gasteiger partial charge in [0.1, 0.15) is 0 Å². The van der Waals surface area contributed by atoms with Crippen molar-refractivity contribution in [2.75, 3.05) is 0 Å². The maximum absolute atomic E-state index is 3.54. The molecule has 0 N–H and O–H groups in total. The van der Waals surface area contributed by atoms with Crippen LogP contribution in [-0.2, 0) is 12.8 Å². The van der Waals surface area contributed by atoms with Crippen LogP contribution in [-0.4, -0.2) is 25.8 Å². The van der Waals surface area contributed by atoms with Crippen LogP contribution in [0.1, 0.15) is 25.0 Å². The molecule has 0 aliphatic rings. The quantitative estimate of drug-likeness (QED) is 0.646. The molecule has 3 radical (unpaired) electrons. The zero-order valence-electron chi connectivity index (χ0n) is 7.45. The van der Waals surface area contributed by atoms with Gasteiger partial charge in [0, 0.05) is 0 Å². The Labute approximate surface area is 98.6 Å². The summed E-state index contributed by atoms with van der Waals surface area (Å²) in [6.45, 7) is 4.45. The molecule has 0 aromatic heterocycles. The molecule has 0 nitrogen and oxygen atoms in total. The van der Waals surface area contributed by atoms with Gasteiger partial charge in [0.2, 0.25) is 0 Å². The van der Waals surface area contributed by atoms with Crippen molar-refractivity contribution in [3.05, 3.63) is 27.7 Å². The SMILES string of the molecule is CCc1cc(Br)cc(CC)[c]1[Pb]. The van der Waals surface area contributed by atoms with Gasteiger partial charge in [-0.15, -0.1) is 0 Å². The Kier molecular flexibility index (Phi) is 4.23. The number of hydrogen-bond donors (Lipinski definition) is 0. The Bertz CT molecular complexity index is 256. The van der Waals surface area contributed by atoms with Crippen LogP contribution in [0.25, 0.3) is 0 Å². The third-order valence-corrected chi connectivity index (χ3v) is 4.98.